The van der Waals surface area contributed by atoms with Gasteiger partial charge in [0.1, 0.15) is 6.54 Å². The van der Waals surface area contributed by atoms with E-state index in [0.29, 0.717) is 5.69 Å². The highest BCUT2D eigenvalue weighted by Crippen LogP contribution is 2.22. The summed E-state index contributed by atoms with van der Waals surface area (Å²) in [6.07, 6.45) is 0. The summed E-state index contributed by atoms with van der Waals surface area (Å²) in [6.45, 7) is 5.34. The molecule has 1 N–H and O–H groups in total. The van der Waals surface area contributed by atoms with E-state index in [1.165, 1.54) is 11.8 Å². The molecular formula is C18H19BrN2O2. The van der Waals surface area contributed by atoms with Gasteiger partial charge in [0.15, 0.2) is 0 Å². The number of benzene rings is 2. The van der Waals surface area contributed by atoms with Crippen molar-refractivity contribution in [2.75, 3.05) is 16.8 Å². The highest BCUT2D eigenvalue weighted by atomic mass is 79.9. The monoisotopic (exact) mass is 374 g/mol. The minimum atomic E-state index is -0.233. The Hall–Kier alpha value is -2.14. The fourth-order valence-corrected chi connectivity index (χ4v) is 2.52. The van der Waals surface area contributed by atoms with Crippen molar-refractivity contribution in [2.45, 2.75) is 20.8 Å². The van der Waals surface area contributed by atoms with Crippen LogP contribution in [0.5, 0.6) is 0 Å². The first kappa shape index (κ1) is 17.2. The van der Waals surface area contributed by atoms with Gasteiger partial charge in [-0.15, -0.1) is 0 Å². The lowest BCUT2D eigenvalue weighted by atomic mass is 10.1. The summed E-state index contributed by atoms with van der Waals surface area (Å²) in [5.74, 6) is -0.395. The fraction of sp³-hybridized carbons (Fsp3) is 0.222. The molecule has 0 aromatic heterocycles. The maximum atomic E-state index is 12.3. The molecule has 4 nitrogen and oxygen atoms in total. The maximum absolute atomic E-state index is 12.3. The van der Waals surface area contributed by atoms with Gasteiger partial charge >= 0.3 is 0 Å². The summed E-state index contributed by atoms with van der Waals surface area (Å²) in [4.78, 5) is 25.7. The van der Waals surface area contributed by atoms with Crippen LogP contribution in [0.1, 0.15) is 18.1 Å². The third-order valence-corrected chi connectivity index (χ3v) is 3.99. The number of hydrogen-bond acceptors (Lipinski definition) is 2. The van der Waals surface area contributed by atoms with Gasteiger partial charge in [0.25, 0.3) is 0 Å². The number of rotatable bonds is 4. The Balaban J connectivity index is 2.16. The molecular weight excluding hydrogens is 356 g/mol. The van der Waals surface area contributed by atoms with Crippen LogP contribution in [0, 0.1) is 13.8 Å². The van der Waals surface area contributed by atoms with Crippen LogP contribution in [-0.2, 0) is 9.59 Å². The van der Waals surface area contributed by atoms with Crippen LogP contribution in [0.2, 0.25) is 0 Å². The number of carbonyl (C=O) groups excluding carboxylic acids is 2. The van der Waals surface area contributed by atoms with Crippen LogP contribution < -0.4 is 10.2 Å². The summed E-state index contributed by atoms with van der Waals surface area (Å²) in [6, 6.07) is 13.2. The quantitative estimate of drug-likeness (QED) is 0.876. The lowest BCUT2D eigenvalue weighted by Gasteiger charge is -2.23. The second kappa shape index (κ2) is 7.42. The van der Waals surface area contributed by atoms with Gasteiger partial charge in [-0.2, -0.15) is 0 Å². The van der Waals surface area contributed by atoms with Gasteiger partial charge in [0, 0.05) is 22.8 Å². The number of nitrogens with zero attached hydrogens (tertiary/aromatic N) is 1. The van der Waals surface area contributed by atoms with Gasteiger partial charge in [0.05, 0.1) is 0 Å². The van der Waals surface area contributed by atoms with Crippen molar-refractivity contribution in [2.24, 2.45) is 0 Å². The van der Waals surface area contributed by atoms with E-state index in [4.69, 9.17) is 0 Å². The van der Waals surface area contributed by atoms with Crippen molar-refractivity contribution in [1.82, 2.24) is 0 Å². The van der Waals surface area contributed by atoms with Crippen LogP contribution in [0.15, 0.2) is 46.9 Å². The molecule has 2 rings (SSSR count). The molecule has 5 heteroatoms. The molecule has 2 aromatic carbocycles. The number of halogens is 1. The molecule has 0 bridgehead atoms. The van der Waals surface area contributed by atoms with E-state index >= 15 is 0 Å². The SMILES string of the molecule is CC(=O)N(CC(=O)Nc1ccc(Br)cc1)c1cc(C)ccc1C. The molecule has 2 amide bonds. The molecule has 0 atom stereocenters. The Bertz CT molecular complexity index is 726. The number of nitrogens with one attached hydrogen (secondary N) is 1. The maximum Gasteiger partial charge on any atom is 0.244 e. The second-order valence-electron chi connectivity index (χ2n) is 5.45. The van der Waals surface area contributed by atoms with Gasteiger partial charge < -0.3 is 10.2 Å². The molecule has 0 fully saturated rings. The topological polar surface area (TPSA) is 49.4 Å². The first-order valence-electron chi connectivity index (χ1n) is 7.27. The normalized spacial score (nSPS) is 10.3. The zero-order chi connectivity index (χ0) is 17.0. The van der Waals surface area contributed by atoms with Crippen LogP contribution in [0.4, 0.5) is 11.4 Å². The van der Waals surface area contributed by atoms with Crippen molar-refractivity contribution in [3.63, 3.8) is 0 Å². The highest BCUT2D eigenvalue weighted by Gasteiger charge is 2.17. The van der Waals surface area contributed by atoms with Gasteiger partial charge in [-0.25, -0.2) is 0 Å². The first-order valence-corrected chi connectivity index (χ1v) is 8.07. The van der Waals surface area contributed by atoms with Crippen molar-refractivity contribution < 1.29 is 9.59 Å². The van der Waals surface area contributed by atoms with Crippen LogP contribution in [0.25, 0.3) is 0 Å². The van der Waals surface area contributed by atoms with Crippen molar-refractivity contribution >= 4 is 39.1 Å². The molecule has 0 aliphatic heterocycles. The summed E-state index contributed by atoms with van der Waals surface area (Å²) in [5, 5.41) is 2.80. The van der Waals surface area contributed by atoms with E-state index in [9.17, 15) is 9.59 Å². The van der Waals surface area contributed by atoms with Crippen molar-refractivity contribution in [3.05, 3.63) is 58.1 Å². The number of anilines is 2. The Morgan fingerprint density at radius 1 is 1.09 bits per heavy atom. The van der Waals surface area contributed by atoms with Crippen LogP contribution in [-0.4, -0.2) is 18.4 Å². The number of aryl methyl sites for hydroxylation is 2. The summed E-state index contributed by atoms with van der Waals surface area (Å²) in [7, 11) is 0. The van der Waals surface area contributed by atoms with E-state index in [0.717, 1.165) is 21.3 Å². The number of hydrogen-bond donors (Lipinski definition) is 1. The van der Waals surface area contributed by atoms with E-state index in [2.05, 4.69) is 21.2 Å². The molecule has 2 aromatic rings. The average Bonchev–Trinajstić information content (AvgIpc) is 2.49. The predicted octanol–water partition coefficient (Wildman–Crippen LogP) is 4.06. The Kier molecular flexibility index (Phi) is 5.55. The Labute approximate surface area is 144 Å². The molecule has 0 heterocycles. The highest BCUT2D eigenvalue weighted by molar-refractivity contribution is 9.10. The molecule has 0 aliphatic rings. The second-order valence-corrected chi connectivity index (χ2v) is 6.37. The summed E-state index contributed by atoms with van der Waals surface area (Å²) < 4.78 is 0.941. The third kappa shape index (κ3) is 4.66. The minimum absolute atomic E-state index is 0.0182. The lowest BCUT2D eigenvalue weighted by Crippen LogP contribution is -2.37. The molecule has 0 radical (unpaired) electrons. The van der Waals surface area contributed by atoms with E-state index in [1.54, 1.807) is 12.1 Å². The fourth-order valence-electron chi connectivity index (χ4n) is 2.25. The Morgan fingerprint density at radius 3 is 2.35 bits per heavy atom. The molecule has 0 saturated carbocycles. The molecule has 0 spiro atoms. The van der Waals surface area contributed by atoms with Crippen LogP contribution in [0.3, 0.4) is 0 Å². The standard InChI is InChI=1S/C18H19BrN2O2/c1-12-4-5-13(2)17(10-12)21(14(3)22)11-18(23)20-16-8-6-15(19)7-9-16/h4-10H,11H2,1-3H3,(H,20,23). The van der Waals surface area contributed by atoms with Gasteiger partial charge in [0.2, 0.25) is 11.8 Å². The zero-order valence-electron chi connectivity index (χ0n) is 13.4. The van der Waals surface area contributed by atoms with Gasteiger partial charge in [-0.3, -0.25) is 9.59 Å². The number of amides is 2. The summed E-state index contributed by atoms with van der Waals surface area (Å²) >= 11 is 3.35. The van der Waals surface area contributed by atoms with Crippen LogP contribution >= 0.6 is 15.9 Å². The third-order valence-electron chi connectivity index (χ3n) is 3.47. The zero-order valence-corrected chi connectivity index (χ0v) is 15.0. The molecule has 0 aliphatic carbocycles. The predicted molar refractivity (Wildman–Crippen MR) is 96.7 cm³/mol. The average molecular weight is 375 g/mol. The molecule has 0 unspecified atom stereocenters. The smallest absolute Gasteiger partial charge is 0.244 e. The largest absolute Gasteiger partial charge is 0.325 e. The van der Waals surface area contributed by atoms with Crippen molar-refractivity contribution in [3.8, 4) is 0 Å². The summed E-state index contributed by atoms with van der Waals surface area (Å²) in [5.41, 5.74) is 3.47. The number of carbonyl (C=O) groups is 2. The van der Waals surface area contributed by atoms with Gasteiger partial charge in [-0.05, 0) is 55.3 Å². The van der Waals surface area contributed by atoms with Gasteiger partial charge in [-0.1, -0.05) is 28.1 Å². The molecule has 23 heavy (non-hydrogen) atoms. The molecule has 120 valence electrons. The minimum Gasteiger partial charge on any atom is -0.325 e. The Morgan fingerprint density at radius 2 is 1.74 bits per heavy atom. The van der Waals surface area contributed by atoms with Crippen molar-refractivity contribution in [1.29, 1.82) is 0 Å². The molecule has 0 saturated heterocycles. The van der Waals surface area contributed by atoms with E-state index in [-0.39, 0.29) is 18.4 Å². The first-order chi connectivity index (χ1) is 10.9. The van der Waals surface area contributed by atoms with E-state index < -0.39 is 0 Å². The van der Waals surface area contributed by atoms with E-state index in [1.807, 2.05) is 44.2 Å². The lowest BCUT2D eigenvalue weighted by molar-refractivity contribution is -0.120.